The third-order valence-electron chi connectivity index (χ3n) is 3.77. The summed E-state index contributed by atoms with van der Waals surface area (Å²) in [6, 6.07) is 13.5. The van der Waals surface area contributed by atoms with Crippen molar-refractivity contribution in [2.45, 2.75) is 33.2 Å². The van der Waals surface area contributed by atoms with Gasteiger partial charge in [-0.05, 0) is 47.7 Å². The molecule has 0 heterocycles. The molecule has 0 saturated heterocycles. The van der Waals surface area contributed by atoms with E-state index in [4.69, 9.17) is 5.73 Å². The van der Waals surface area contributed by atoms with Gasteiger partial charge < -0.3 is 11.1 Å². The Morgan fingerprint density at radius 2 is 1.81 bits per heavy atom. The second-order valence-corrected chi connectivity index (χ2v) is 5.59. The molecule has 0 atom stereocenters. The second kappa shape index (κ2) is 6.44. The van der Waals surface area contributed by atoms with Gasteiger partial charge in [0.25, 0.3) is 5.91 Å². The Morgan fingerprint density at radius 1 is 1.14 bits per heavy atom. The van der Waals surface area contributed by atoms with E-state index in [-0.39, 0.29) is 5.91 Å². The number of nitrogen functional groups attached to an aromatic ring is 1. The van der Waals surface area contributed by atoms with Gasteiger partial charge in [0.05, 0.1) is 0 Å². The van der Waals surface area contributed by atoms with Crippen LogP contribution in [0.4, 0.5) is 5.69 Å². The summed E-state index contributed by atoms with van der Waals surface area (Å²) in [5.41, 5.74) is 10.6. The van der Waals surface area contributed by atoms with Crippen molar-refractivity contribution in [3.8, 4) is 0 Å². The Hall–Kier alpha value is -2.29. The molecule has 2 aromatic carbocycles. The van der Waals surface area contributed by atoms with E-state index in [1.54, 1.807) is 0 Å². The molecule has 0 aromatic heterocycles. The van der Waals surface area contributed by atoms with Gasteiger partial charge >= 0.3 is 0 Å². The number of carbonyl (C=O) groups excluding carboxylic acids is 1. The van der Waals surface area contributed by atoms with E-state index >= 15 is 0 Å². The lowest BCUT2D eigenvalue weighted by molar-refractivity contribution is 0.0951. The average Bonchev–Trinajstić information content (AvgIpc) is 2.48. The number of rotatable bonds is 4. The van der Waals surface area contributed by atoms with Crippen LogP contribution in [0.25, 0.3) is 0 Å². The summed E-state index contributed by atoms with van der Waals surface area (Å²) in [5.74, 6) is 0.407. The highest BCUT2D eigenvalue weighted by molar-refractivity contribution is 5.94. The van der Waals surface area contributed by atoms with Crippen LogP contribution < -0.4 is 11.1 Å². The van der Waals surface area contributed by atoms with Crippen molar-refractivity contribution in [1.29, 1.82) is 0 Å². The molecule has 0 saturated carbocycles. The summed E-state index contributed by atoms with van der Waals surface area (Å²) in [7, 11) is 0. The summed E-state index contributed by atoms with van der Waals surface area (Å²) in [6.45, 7) is 6.73. The van der Waals surface area contributed by atoms with E-state index in [2.05, 4.69) is 19.2 Å². The van der Waals surface area contributed by atoms with E-state index < -0.39 is 0 Å². The minimum absolute atomic E-state index is 0.0628. The number of anilines is 1. The van der Waals surface area contributed by atoms with Crippen LogP contribution in [0.3, 0.4) is 0 Å². The van der Waals surface area contributed by atoms with Crippen molar-refractivity contribution in [3.63, 3.8) is 0 Å². The van der Waals surface area contributed by atoms with Crippen LogP contribution in [0.15, 0.2) is 42.5 Å². The minimum Gasteiger partial charge on any atom is -0.399 e. The molecule has 0 fully saturated rings. The molecule has 0 bridgehead atoms. The van der Waals surface area contributed by atoms with Crippen LogP contribution >= 0.6 is 0 Å². The fourth-order valence-corrected chi connectivity index (χ4v) is 2.19. The van der Waals surface area contributed by atoms with E-state index in [0.29, 0.717) is 18.0 Å². The minimum atomic E-state index is -0.0628. The topological polar surface area (TPSA) is 55.1 Å². The fraction of sp³-hybridized carbons (Fsp3) is 0.278. The SMILES string of the molecule is Cc1c(N)cccc1CNC(=O)c1ccc(C(C)C)cc1. The first-order valence-electron chi connectivity index (χ1n) is 7.21. The van der Waals surface area contributed by atoms with Gasteiger partial charge in [0.15, 0.2) is 0 Å². The maximum absolute atomic E-state index is 12.2. The molecule has 2 aromatic rings. The smallest absolute Gasteiger partial charge is 0.251 e. The van der Waals surface area contributed by atoms with Crippen molar-refractivity contribution in [2.24, 2.45) is 0 Å². The summed E-state index contributed by atoms with van der Waals surface area (Å²) in [6.07, 6.45) is 0. The van der Waals surface area contributed by atoms with Crippen LogP contribution in [0.2, 0.25) is 0 Å². The molecule has 0 radical (unpaired) electrons. The van der Waals surface area contributed by atoms with Crippen molar-refractivity contribution in [3.05, 3.63) is 64.7 Å². The normalized spacial score (nSPS) is 10.7. The highest BCUT2D eigenvalue weighted by Gasteiger charge is 2.08. The lowest BCUT2D eigenvalue weighted by Crippen LogP contribution is -2.23. The van der Waals surface area contributed by atoms with Gasteiger partial charge in [-0.3, -0.25) is 4.79 Å². The molecule has 0 aliphatic rings. The molecule has 0 aliphatic carbocycles. The Morgan fingerprint density at radius 3 is 2.43 bits per heavy atom. The maximum Gasteiger partial charge on any atom is 0.251 e. The summed E-state index contributed by atoms with van der Waals surface area (Å²) in [5, 5.41) is 2.94. The van der Waals surface area contributed by atoms with Gasteiger partial charge in [0.1, 0.15) is 0 Å². The largest absolute Gasteiger partial charge is 0.399 e. The van der Waals surface area contributed by atoms with E-state index in [0.717, 1.165) is 16.8 Å². The van der Waals surface area contributed by atoms with Crippen LogP contribution in [0, 0.1) is 6.92 Å². The van der Waals surface area contributed by atoms with E-state index in [9.17, 15) is 4.79 Å². The highest BCUT2D eigenvalue weighted by Crippen LogP contribution is 2.16. The highest BCUT2D eigenvalue weighted by atomic mass is 16.1. The number of hydrogen-bond donors (Lipinski definition) is 2. The quantitative estimate of drug-likeness (QED) is 0.841. The van der Waals surface area contributed by atoms with Crippen molar-refractivity contribution in [1.82, 2.24) is 5.32 Å². The van der Waals surface area contributed by atoms with Gasteiger partial charge in [-0.25, -0.2) is 0 Å². The number of benzene rings is 2. The van der Waals surface area contributed by atoms with Gasteiger partial charge in [-0.1, -0.05) is 38.1 Å². The van der Waals surface area contributed by atoms with Gasteiger partial charge in [-0.15, -0.1) is 0 Å². The number of nitrogens with two attached hydrogens (primary N) is 1. The fourth-order valence-electron chi connectivity index (χ4n) is 2.19. The Kier molecular flexibility index (Phi) is 4.63. The molecule has 3 heteroatoms. The standard InChI is InChI=1S/C18H22N2O/c1-12(2)14-7-9-15(10-8-14)18(21)20-11-16-5-4-6-17(19)13(16)3/h4-10,12H,11,19H2,1-3H3,(H,20,21). The molecule has 0 unspecified atom stereocenters. The molecule has 3 N–H and O–H groups in total. The summed E-state index contributed by atoms with van der Waals surface area (Å²) < 4.78 is 0. The van der Waals surface area contributed by atoms with E-state index in [1.165, 1.54) is 5.56 Å². The molecular weight excluding hydrogens is 260 g/mol. The molecule has 21 heavy (non-hydrogen) atoms. The maximum atomic E-state index is 12.2. The van der Waals surface area contributed by atoms with Crippen LogP contribution in [-0.2, 0) is 6.54 Å². The van der Waals surface area contributed by atoms with Crippen LogP contribution in [0.1, 0.15) is 46.8 Å². The Labute approximate surface area is 126 Å². The third-order valence-corrected chi connectivity index (χ3v) is 3.77. The molecule has 2 rings (SSSR count). The van der Waals surface area contributed by atoms with Crippen LogP contribution in [-0.4, -0.2) is 5.91 Å². The zero-order chi connectivity index (χ0) is 15.4. The first kappa shape index (κ1) is 15.1. The van der Waals surface area contributed by atoms with Crippen LogP contribution in [0.5, 0.6) is 0 Å². The van der Waals surface area contributed by atoms with Crippen molar-refractivity contribution < 1.29 is 4.79 Å². The van der Waals surface area contributed by atoms with Gasteiger partial charge in [0, 0.05) is 17.8 Å². The summed E-state index contributed by atoms with van der Waals surface area (Å²) in [4.78, 5) is 12.2. The molecule has 3 nitrogen and oxygen atoms in total. The van der Waals surface area contributed by atoms with E-state index in [1.807, 2.05) is 49.4 Å². The number of hydrogen-bond acceptors (Lipinski definition) is 2. The molecule has 110 valence electrons. The number of amides is 1. The lowest BCUT2D eigenvalue weighted by Gasteiger charge is -2.10. The van der Waals surface area contributed by atoms with Crippen molar-refractivity contribution in [2.75, 3.05) is 5.73 Å². The first-order valence-corrected chi connectivity index (χ1v) is 7.21. The summed E-state index contributed by atoms with van der Waals surface area (Å²) >= 11 is 0. The van der Waals surface area contributed by atoms with Gasteiger partial charge in [-0.2, -0.15) is 0 Å². The molecular formula is C18H22N2O. The molecule has 1 amide bonds. The molecule has 0 aliphatic heterocycles. The third kappa shape index (κ3) is 3.63. The zero-order valence-electron chi connectivity index (χ0n) is 12.8. The van der Waals surface area contributed by atoms with Gasteiger partial charge in [0.2, 0.25) is 0 Å². The number of carbonyl (C=O) groups is 1. The monoisotopic (exact) mass is 282 g/mol. The van der Waals surface area contributed by atoms with Crippen molar-refractivity contribution >= 4 is 11.6 Å². The zero-order valence-corrected chi connectivity index (χ0v) is 12.8. The average molecular weight is 282 g/mol. The lowest BCUT2D eigenvalue weighted by atomic mass is 10.0. The number of nitrogens with one attached hydrogen (secondary N) is 1. The Bertz CT molecular complexity index is 630. The second-order valence-electron chi connectivity index (χ2n) is 5.59. The Balaban J connectivity index is 2.03. The predicted molar refractivity (Wildman–Crippen MR) is 87.3 cm³/mol. The predicted octanol–water partition coefficient (Wildman–Crippen LogP) is 3.63. The first-order chi connectivity index (χ1) is 9.99. The molecule has 0 spiro atoms.